The van der Waals surface area contributed by atoms with Crippen LogP contribution in [0.25, 0.3) is 0 Å². The predicted octanol–water partition coefficient (Wildman–Crippen LogP) is 3.66. The summed E-state index contributed by atoms with van der Waals surface area (Å²) < 4.78 is 5.75. The molecule has 0 saturated heterocycles. The summed E-state index contributed by atoms with van der Waals surface area (Å²) in [5.41, 5.74) is 8.29. The summed E-state index contributed by atoms with van der Waals surface area (Å²) in [4.78, 5) is 5.72. The van der Waals surface area contributed by atoms with Crippen LogP contribution >= 0.6 is 11.3 Å². The van der Waals surface area contributed by atoms with Crippen LogP contribution in [-0.2, 0) is 12.8 Å². The van der Waals surface area contributed by atoms with Gasteiger partial charge in [0.25, 0.3) is 0 Å². The molecule has 0 spiro atoms. The lowest BCUT2D eigenvalue weighted by Crippen LogP contribution is -2.03. The van der Waals surface area contributed by atoms with Crippen molar-refractivity contribution in [3.8, 4) is 5.75 Å². The summed E-state index contributed by atoms with van der Waals surface area (Å²) in [7, 11) is 0. The van der Waals surface area contributed by atoms with Gasteiger partial charge < -0.3 is 10.5 Å². The Morgan fingerprint density at radius 1 is 1.30 bits per heavy atom. The first kappa shape index (κ1) is 15.0. The van der Waals surface area contributed by atoms with E-state index in [4.69, 9.17) is 10.5 Å². The molecule has 2 rings (SSSR count). The summed E-state index contributed by atoms with van der Waals surface area (Å²) >= 11 is 1.69. The molecule has 0 aliphatic heterocycles. The van der Waals surface area contributed by atoms with Crippen LogP contribution in [-0.4, -0.2) is 11.6 Å². The smallest absolute Gasteiger partial charge is 0.119 e. The Kier molecular flexibility index (Phi) is 5.15. The molecule has 1 heterocycles. The molecule has 1 atom stereocenters. The molecule has 0 aliphatic rings. The van der Waals surface area contributed by atoms with Crippen molar-refractivity contribution in [2.24, 2.45) is 5.73 Å². The second-order valence-corrected chi connectivity index (χ2v) is 6.06. The molecule has 1 aromatic heterocycles. The molecule has 0 bridgehead atoms. The number of rotatable bonds is 6. The molecular weight excluding hydrogens is 268 g/mol. The minimum absolute atomic E-state index is 0.0590. The molecular formula is C16H22N2OS. The highest BCUT2D eigenvalue weighted by atomic mass is 32.1. The molecule has 0 amide bonds. The van der Waals surface area contributed by atoms with Crippen LogP contribution < -0.4 is 10.5 Å². The molecule has 20 heavy (non-hydrogen) atoms. The molecule has 2 N–H and O–H groups in total. The van der Waals surface area contributed by atoms with Crippen LogP contribution in [0, 0.1) is 6.92 Å². The second-order valence-electron chi connectivity index (χ2n) is 4.94. The van der Waals surface area contributed by atoms with E-state index in [1.54, 1.807) is 11.3 Å². The summed E-state index contributed by atoms with van der Waals surface area (Å²) in [5, 5.41) is 1.10. The quantitative estimate of drug-likeness (QED) is 0.883. The highest BCUT2D eigenvalue weighted by molar-refractivity contribution is 7.11. The largest absolute Gasteiger partial charge is 0.493 e. The summed E-state index contributed by atoms with van der Waals surface area (Å²) in [5.74, 6) is 0.919. The number of ether oxygens (including phenoxy) is 1. The van der Waals surface area contributed by atoms with Crippen LogP contribution in [0.15, 0.2) is 24.3 Å². The van der Waals surface area contributed by atoms with Crippen molar-refractivity contribution in [2.45, 2.75) is 39.7 Å². The average molecular weight is 290 g/mol. The van der Waals surface area contributed by atoms with E-state index in [-0.39, 0.29) is 6.04 Å². The van der Waals surface area contributed by atoms with E-state index in [0.29, 0.717) is 6.61 Å². The van der Waals surface area contributed by atoms with E-state index in [1.165, 1.54) is 10.4 Å². The fraction of sp³-hybridized carbons (Fsp3) is 0.438. The Bertz CT molecular complexity index is 546. The van der Waals surface area contributed by atoms with Gasteiger partial charge >= 0.3 is 0 Å². The van der Waals surface area contributed by atoms with Gasteiger partial charge in [0.1, 0.15) is 5.75 Å². The Morgan fingerprint density at radius 2 is 2.00 bits per heavy atom. The second kappa shape index (κ2) is 6.86. The maximum absolute atomic E-state index is 5.91. The summed E-state index contributed by atoms with van der Waals surface area (Å²) in [6, 6.07) is 8.33. The molecule has 0 saturated carbocycles. The van der Waals surface area contributed by atoms with Crippen LogP contribution in [0.2, 0.25) is 0 Å². The fourth-order valence-electron chi connectivity index (χ4n) is 2.07. The minimum Gasteiger partial charge on any atom is -0.493 e. The van der Waals surface area contributed by atoms with E-state index in [0.717, 1.165) is 29.3 Å². The maximum atomic E-state index is 5.91. The van der Waals surface area contributed by atoms with Gasteiger partial charge in [-0.05, 0) is 38.0 Å². The number of aromatic nitrogens is 1. The summed E-state index contributed by atoms with van der Waals surface area (Å²) in [6.45, 7) is 6.81. The average Bonchev–Trinajstić information content (AvgIpc) is 2.81. The van der Waals surface area contributed by atoms with Crippen molar-refractivity contribution in [1.29, 1.82) is 0 Å². The van der Waals surface area contributed by atoms with Crippen LogP contribution in [0.5, 0.6) is 5.75 Å². The van der Waals surface area contributed by atoms with Gasteiger partial charge in [0.15, 0.2) is 0 Å². The lowest BCUT2D eigenvalue weighted by Gasteiger charge is -2.05. The first-order valence-electron chi connectivity index (χ1n) is 7.03. The molecule has 0 fully saturated rings. The molecule has 1 unspecified atom stereocenters. The number of nitrogens with zero attached hydrogens (tertiary/aromatic N) is 1. The van der Waals surface area contributed by atoms with E-state index < -0.39 is 0 Å². The number of benzene rings is 1. The predicted molar refractivity (Wildman–Crippen MR) is 84.5 cm³/mol. The number of hydrogen-bond acceptors (Lipinski definition) is 4. The molecule has 4 heteroatoms. The van der Waals surface area contributed by atoms with Gasteiger partial charge in [-0.1, -0.05) is 19.1 Å². The zero-order valence-electron chi connectivity index (χ0n) is 12.3. The Morgan fingerprint density at radius 3 is 2.55 bits per heavy atom. The molecule has 0 radical (unpaired) electrons. The van der Waals surface area contributed by atoms with Gasteiger partial charge in [-0.3, -0.25) is 0 Å². The number of aryl methyl sites for hydroxylation is 2. The van der Waals surface area contributed by atoms with Gasteiger partial charge in [0.2, 0.25) is 0 Å². The van der Waals surface area contributed by atoms with E-state index in [2.05, 4.69) is 24.0 Å². The van der Waals surface area contributed by atoms with E-state index >= 15 is 0 Å². The maximum Gasteiger partial charge on any atom is 0.119 e. The van der Waals surface area contributed by atoms with Gasteiger partial charge in [-0.15, -0.1) is 11.3 Å². The number of nitrogens with two attached hydrogens (primary N) is 1. The Hall–Kier alpha value is -1.39. The zero-order valence-corrected chi connectivity index (χ0v) is 13.2. The number of hydrogen-bond donors (Lipinski definition) is 1. The van der Waals surface area contributed by atoms with E-state index in [1.807, 2.05) is 26.0 Å². The van der Waals surface area contributed by atoms with Crippen LogP contribution in [0.3, 0.4) is 0 Å². The Labute approximate surface area is 124 Å². The highest BCUT2D eigenvalue weighted by Crippen LogP contribution is 2.24. The minimum atomic E-state index is 0.0590. The van der Waals surface area contributed by atoms with Crippen molar-refractivity contribution in [3.05, 3.63) is 45.4 Å². The molecule has 3 nitrogen and oxygen atoms in total. The lowest BCUT2D eigenvalue weighted by molar-refractivity contribution is 0.321. The molecule has 108 valence electrons. The van der Waals surface area contributed by atoms with Gasteiger partial charge in [0.05, 0.1) is 17.3 Å². The van der Waals surface area contributed by atoms with Crippen LogP contribution in [0.1, 0.15) is 41.0 Å². The standard InChI is InChI=1S/C16H22N2OS/c1-4-13-5-7-14(8-6-13)19-10-9-15-18-12(3)16(20-15)11(2)17/h5-8,11H,4,9-10,17H2,1-3H3. The molecule has 2 aromatic rings. The first-order valence-corrected chi connectivity index (χ1v) is 7.85. The number of thiazole rings is 1. The third kappa shape index (κ3) is 3.81. The van der Waals surface area contributed by atoms with E-state index in [9.17, 15) is 0 Å². The van der Waals surface area contributed by atoms with Gasteiger partial charge in [0, 0.05) is 17.3 Å². The molecule has 0 aliphatic carbocycles. The van der Waals surface area contributed by atoms with Gasteiger partial charge in [-0.25, -0.2) is 4.98 Å². The SMILES string of the molecule is CCc1ccc(OCCc2nc(C)c(C(C)N)s2)cc1. The normalized spacial score (nSPS) is 12.4. The first-order chi connectivity index (χ1) is 9.60. The fourth-order valence-corrected chi connectivity index (χ4v) is 3.07. The molecule has 1 aromatic carbocycles. The Balaban J connectivity index is 1.87. The zero-order chi connectivity index (χ0) is 14.5. The topological polar surface area (TPSA) is 48.1 Å². The van der Waals surface area contributed by atoms with Crippen molar-refractivity contribution in [3.63, 3.8) is 0 Å². The van der Waals surface area contributed by atoms with Crippen molar-refractivity contribution in [1.82, 2.24) is 4.98 Å². The van der Waals surface area contributed by atoms with Crippen molar-refractivity contribution < 1.29 is 4.74 Å². The highest BCUT2D eigenvalue weighted by Gasteiger charge is 2.10. The third-order valence-electron chi connectivity index (χ3n) is 3.21. The van der Waals surface area contributed by atoms with Crippen molar-refractivity contribution in [2.75, 3.05) is 6.61 Å². The summed E-state index contributed by atoms with van der Waals surface area (Å²) in [6.07, 6.45) is 1.88. The lowest BCUT2D eigenvalue weighted by atomic mass is 10.2. The van der Waals surface area contributed by atoms with Crippen LogP contribution in [0.4, 0.5) is 0 Å². The third-order valence-corrected chi connectivity index (χ3v) is 4.62. The van der Waals surface area contributed by atoms with Gasteiger partial charge in [-0.2, -0.15) is 0 Å². The monoisotopic (exact) mass is 290 g/mol. The van der Waals surface area contributed by atoms with Crippen molar-refractivity contribution >= 4 is 11.3 Å².